The van der Waals surface area contributed by atoms with Gasteiger partial charge in [-0.05, 0) is 50.9 Å². The van der Waals surface area contributed by atoms with Crippen LogP contribution in [-0.4, -0.2) is 69.9 Å². The van der Waals surface area contributed by atoms with Gasteiger partial charge in [0.15, 0.2) is 5.96 Å². The molecule has 0 bridgehead atoms. The van der Waals surface area contributed by atoms with E-state index in [2.05, 4.69) is 51.3 Å². The number of piperazine rings is 1. The fourth-order valence-electron chi connectivity index (χ4n) is 3.29. The van der Waals surface area contributed by atoms with E-state index in [0.29, 0.717) is 12.6 Å². The molecule has 1 unspecified atom stereocenters. The van der Waals surface area contributed by atoms with Gasteiger partial charge in [-0.3, -0.25) is 9.89 Å². The van der Waals surface area contributed by atoms with Gasteiger partial charge in [-0.15, -0.1) is 0 Å². The smallest absolute Gasteiger partial charge is 0.188 e. The number of rotatable bonds is 9. The molecule has 1 fully saturated rings. The molecule has 3 N–H and O–H groups in total. The summed E-state index contributed by atoms with van der Waals surface area (Å²) in [5.74, 6) is 0.515. The van der Waals surface area contributed by atoms with Gasteiger partial charge in [-0.1, -0.05) is 12.1 Å². The number of hydrogen-bond acceptors (Lipinski definition) is 4. The molecule has 1 saturated heterocycles. The Hall–Kier alpha value is -1.79. The Bertz CT molecular complexity index is 555. The molecule has 0 aliphatic carbocycles. The second kappa shape index (κ2) is 11.0. The predicted octanol–water partition coefficient (Wildman–Crippen LogP) is 1.84. The highest BCUT2D eigenvalue weighted by molar-refractivity contribution is 5.78. The SMILES string of the molecule is COCC(C)NC(N)=NCCCCN1CCN(c2cccc(C)c2)CC1. The van der Waals surface area contributed by atoms with Gasteiger partial charge in [0, 0.05) is 51.6 Å². The second-order valence-corrected chi connectivity index (χ2v) is 7.14. The highest BCUT2D eigenvalue weighted by Gasteiger charge is 2.16. The number of ether oxygens (including phenoxy) is 1. The lowest BCUT2D eigenvalue weighted by atomic mass is 10.2. The molecule has 146 valence electrons. The molecule has 0 aromatic heterocycles. The van der Waals surface area contributed by atoms with Crippen molar-refractivity contribution in [2.45, 2.75) is 32.7 Å². The predicted molar refractivity (Wildman–Crippen MR) is 110 cm³/mol. The number of methoxy groups -OCH3 is 1. The number of guanidine groups is 1. The summed E-state index contributed by atoms with van der Waals surface area (Å²) >= 11 is 0. The van der Waals surface area contributed by atoms with Gasteiger partial charge in [-0.2, -0.15) is 0 Å². The standard InChI is InChI=1S/C20H35N5O/c1-17-7-6-8-19(15-17)25-13-11-24(12-14-25)10-5-4-9-22-20(21)23-18(2)16-26-3/h6-8,15,18H,4-5,9-14,16H2,1-3H3,(H3,21,22,23). The van der Waals surface area contributed by atoms with Gasteiger partial charge >= 0.3 is 0 Å². The Morgan fingerprint density at radius 3 is 2.73 bits per heavy atom. The molecule has 0 spiro atoms. The van der Waals surface area contributed by atoms with E-state index < -0.39 is 0 Å². The molecule has 1 atom stereocenters. The second-order valence-electron chi connectivity index (χ2n) is 7.14. The Morgan fingerprint density at radius 2 is 2.04 bits per heavy atom. The lowest BCUT2D eigenvalue weighted by Gasteiger charge is -2.36. The maximum atomic E-state index is 5.88. The van der Waals surface area contributed by atoms with Crippen molar-refractivity contribution in [3.05, 3.63) is 29.8 Å². The van der Waals surface area contributed by atoms with Crippen LogP contribution in [0.2, 0.25) is 0 Å². The molecule has 6 nitrogen and oxygen atoms in total. The molecule has 1 aliphatic rings. The van der Waals surface area contributed by atoms with Crippen LogP contribution in [-0.2, 0) is 4.74 Å². The number of unbranched alkanes of at least 4 members (excludes halogenated alkanes) is 1. The Kier molecular flexibility index (Phi) is 8.71. The number of nitrogens with zero attached hydrogens (tertiary/aromatic N) is 3. The molecule has 2 rings (SSSR count). The number of aliphatic imine (C=N–C) groups is 1. The number of benzene rings is 1. The minimum Gasteiger partial charge on any atom is -0.383 e. The van der Waals surface area contributed by atoms with Crippen LogP contribution in [0.4, 0.5) is 5.69 Å². The molecular weight excluding hydrogens is 326 g/mol. The van der Waals surface area contributed by atoms with Crippen LogP contribution in [0.15, 0.2) is 29.3 Å². The minimum atomic E-state index is 0.188. The van der Waals surface area contributed by atoms with Crippen LogP contribution < -0.4 is 16.0 Å². The number of nitrogens with one attached hydrogen (secondary N) is 1. The van der Waals surface area contributed by atoms with Crippen molar-refractivity contribution in [1.82, 2.24) is 10.2 Å². The first kappa shape index (κ1) is 20.5. The van der Waals surface area contributed by atoms with Crippen LogP contribution in [0.1, 0.15) is 25.3 Å². The van der Waals surface area contributed by atoms with Gasteiger partial charge in [0.1, 0.15) is 0 Å². The molecule has 1 aliphatic heterocycles. The third-order valence-electron chi connectivity index (χ3n) is 4.71. The summed E-state index contributed by atoms with van der Waals surface area (Å²) < 4.78 is 5.07. The Labute approximate surface area is 158 Å². The highest BCUT2D eigenvalue weighted by Crippen LogP contribution is 2.17. The number of hydrogen-bond donors (Lipinski definition) is 2. The zero-order valence-corrected chi connectivity index (χ0v) is 16.6. The molecular formula is C20H35N5O. The molecule has 0 amide bonds. The Morgan fingerprint density at radius 1 is 1.27 bits per heavy atom. The van der Waals surface area contributed by atoms with Crippen LogP contribution in [0.3, 0.4) is 0 Å². The van der Waals surface area contributed by atoms with E-state index in [1.807, 2.05) is 6.92 Å². The minimum absolute atomic E-state index is 0.188. The summed E-state index contributed by atoms with van der Waals surface area (Å²) in [4.78, 5) is 9.43. The number of aryl methyl sites for hydroxylation is 1. The molecule has 1 aromatic rings. The quantitative estimate of drug-likeness (QED) is 0.399. The lowest BCUT2D eigenvalue weighted by molar-refractivity contribution is 0.179. The van der Waals surface area contributed by atoms with Crippen LogP contribution in [0.5, 0.6) is 0 Å². The monoisotopic (exact) mass is 361 g/mol. The maximum Gasteiger partial charge on any atom is 0.188 e. The number of anilines is 1. The summed E-state index contributed by atoms with van der Waals surface area (Å²) in [5.41, 5.74) is 8.56. The van der Waals surface area contributed by atoms with Crippen LogP contribution in [0, 0.1) is 6.92 Å². The first-order chi connectivity index (χ1) is 12.6. The van der Waals surface area contributed by atoms with Crippen molar-refractivity contribution in [2.24, 2.45) is 10.7 Å². The molecule has 0 radical (unpaired) electrons. The molecule has 26 heavy (non-hydrogen) atoms. The van der Waals surface area contributed by atoms with Crippen molar-refractivity contribution in [1.29, 1.82) is 0 Å². The van der Waals surface area contributed by atoms with E-state index in [9.17, 15) is 0 Å². The van der Waals surface area contributed by atoms with Crippen molar-refractivity contribution >= 4 is 11.6 Å². The zero-order chi connectivity index (χ0) is 18.8. The van der Waals surface area contributed by atoms with Crippen molar-refractivity contribution in [3.63, 3.8) is 0 Å². The number of nitrogens with two attached hydrogens (primary N) is 1. The van der Waals surface area contributed by atoms with Gasteiger partial charge < -0.3 is 20.7 Å². The lowest BCUT2D eigenvalue weighted by Crippen LogP contribution is -2.46. The first-order valence-corrected chi connectivity index (χ1v) is 9.68. The molecule has 6 heteroatoms. The summed E-state index contributed by atoms with van der Waals surface area (Å²) in [6.07, 6.45) is 2.23. The van der Waals surface area contributed by atoms with Crippen molar-refractivity contribution in [3.8, 4) is 0 Å². The van der Waals surface area contributed by atoms with Crippen molar-refractivity contribution < 1.29 is 4.74 Å². The summed E-state index contributed by atoms with van der Waals surface area (Å²) in [5, 5.41) is 3.13. The molecule has 1 aromatic carbocycles. The van der Waals surface area contributed by atoms with Gasteiger partial charge in [0.25, 0.3) is 0 Å². The maximum absolute atomic E-state index is 5.88. The van der Waals surface area contributed by atoms with Crippen molar-refractivity contribution in [2.75, 3.05) is 57.9 Å². The summed E-state index contributed by atoms with van der Waals surface area (Å²) in [6.45, 7) is 11.2. The van der Waals surface area contributed by atoms with E-state index in [1.165, 1.54) is 11.3 Å². The third kappa shape index (κ3) is 7.22. The van der Waals surface area contributed by atoms with E-state index in [1.54, 1.807) is 7.11 Å². The normalized spacial score (nSPS) is 17.3. The molecule has 0 saturated carbocycles. The van der Waals surface area contributed by atoms with Gasteiger partial charge in [0.2, 0.25) is 0 Å². The topological polar surface area (TPSA) is 66.1 Å². The first-order valence-electron chi connectivity index (χ1n) is 9.68. The zero-order valence-electron chi connectivity index (χ0n) is 16.6. The fraction of sp³-hybridized carbons (Fsp3) is 0.650. The van der Waals surface area contributed by atoms with Gasteiger partial charge in [-0.25, -0.2) is 0 Å². The summed E-state index contributed by atoms with van der Waals surface area (Å²) in [6, 6.07) is 8.98. The summed E-state index contributed by atoms with van der Waals surface area (Å²) in [7, 11) is 1.69. The van der Waals surface area contributed by atoms with E-state index in [0.717, 1.165) is 52.1 Å². The average Bonchev–Trinajstić information content (AvgIpc) is 2.62. The Balaban J connectivity index is 1.59. The fourth-order valence-corrected chi connectivity index (χ4v) is 3.29. The van der Waals surface area contributed by atoms with E-state index in [4.69, 9.17) is 10.5 Å². The highest BCUT2D eigenvalue weighted by atomic mass is 16.5. The van der Waals surface area contributed by atoms with Crippen LogP contribution in [0.25, 0.3) is 0 Å². The van der Waals surface area contributed by atoms with Crippen LogP contribution >= 0.6 is 0 Å². The average molecular weight is 362 g/mol. The molecule has 1 heterocycles. The van der Waals surface area contributed by atoms with E-state index in [-0.39, 0.29) is 6.04 Å². The largest absolute Gasteiger partial charge is 0.383 e. The third-order valence-corrected chi connectivity index (χ3v) is 4.71. The van der Waals surface area contributed by atoms with E-state index >= 15 is 0 Å². The van der Waals surface area contributed by atoms with Gasteiger partial charge in [0.05, 0.1) is 6.61 Å².